The van der Waals surface area contributed by atoms with Crippen molar-refractivity contribution in [2.45, 2.75) is 6.54 Å². The molecule has 0 aliphatic carbocycles. The van der Waals surface area contributed by atoms with Crippen molar-refractivity contribution in [2.75, 3.05) is 27.2 Å². The molecule has 9 heteroatoms. The van der Waals surface area contributed by atoms with Crippen molar-refractivity contribution in [3.63, 3.8) is 0 Å². The van der Waals surface area contributed by atoms with E-state index in [2.05, 4.69) is 10.3 Å². The molecule has 0 aliphatic rings. The van der Waals surface area contributed by atoms with Crippen molar-refractivity contribution in [1.29, 1.82) is 0 Å². The van der Waals surface area contributed by atoms with Gasteiger partial charge in [0.1, 0.15) is 12.4 Å². The summed E-state index contributed by atoms with van der Waals surface area (Å²) < 4.78 is 33.6. The lowest BCUT2D eigenvalue weighted by Crippen LogP contribution is -2.40. The van der Waals surface area contributed by atoms with Crippen molar-refractivity contribution < 1.29 is 13.5 Å². The highest BCUT2D eigenvalue weighted by atomic mass is 127. The average Bonchev–Trinajstić information content (AvgIpc) is 2.86. The van der Waals surface area contributed by atoms with Crippen LogP contribution in [0.1, 0.15) is 5.69 Å². The fourth-order valence-electron chi connectivity index (χ4n) is 2.34. The lowest BCUT2D eigenvalue weighted by atomic mass is 10.3. The molecule has 1 heterocycles. The number of hydrogen-bond donors (Lipinski definition) is 1. The summed E-state index contributed by atoms with van der Waals surface area (Å²) in [6.45, 7) is 1.25. The second-order valence-corrected chi connectivity index (χ2v) is 5.95. The van der Waals surface area contributed by atoms with Gasteiger partial charge in [-0.05, 0) is 18.2 Å². The molecule has 0 unspecified atom stereocenters. The van der Waals surface area contributed by atoms with Crippen LogP contribution in [0, 0.1) is 11.6 Å². The number of halogens is 4. The predicted molar refractivity (Wildman–Crippen MR) is 111 cm³/mol. The topological polar surface area (TPSA) is 41.8 Å². The van der Waals surface area contributed by atoms with Crippen LogP contribution in [-0.2, 0) is 13.6 Å². The zero-order valence-corrected chi connectivity index (χ0v) is 17.9. The van der Waals surface area contributed by atoms with Crippen LogP contribution in [0.3, 0.4) is 0 Å². The molecular formula is C17H22ClF2IN4O. The number of aromatic nitrogens is 1. The molecule has 0 aliphatic heterocycles. The van der Waals surface area contributed by atoms with Gasteiger partial charge in [-0.3, -0.25) is 4.99 Å². The van der Waals surface area contributed by atoms with Crippen LogP contribution >= 0.6 is 35.6 Å². The molecular weight excluding hydrogens is 477 g/mol. The summed E-state index contributed by atoms with van der Waals surface area (Å²) in [5, 5.41) is 3.81. The smallest absolute Gasteiger partial charge is 0.193 e. The predicted octanol–water partition coefficient (Wildman–Crippen LogP) is 3.66. The first kappa shape index (κ1) is 22.5. The van der Waals surface area contributed by atoms with Crippen molar-refractivity contribution in [1.82, 2.24) is 14.8 Å². The van der Waals surface area contributed by atoms with Gasteiger partial charge in [0, 0.05) is 39.1 Å². The van der Waals surface area contributed by atoms with Gasteiger partial charge in [-0.1, -0.05) is 11.6 Å². The number of nitrogens with zero attached hydrogens (tertiary/aromatic N) is 3. The first-order valence-corrected chi connectivity index (χ1v) is 8.09. The van der Waals surface area contributed by atoms with E-state index in [1.807, 2.05) is 35.8 Å². The Balaban J connectivity index is 0.00000338. The van der Waals surface area contributed by atoms with Gasteiger partial charge in [0.15, 0.2) is 17.5 Å². The molecule has 26 heavy (non-hydrogen) atoms. The molecule has 0 spiro atoms. The summed E-state index contributed by atoms with van der Waals surface area (Å²) >= 11 is 5.99. The van der Waals surface area contributed by atoms with E-state index in [1.165, 1.54) is 6.07 Å². The van der Waals surface area contributed by atoms with E-state index in [-0.39, 0.29) is 36.3 Å². The summed E-state index contributed by atoms with van der Waals surface area (Å²) in [5.41, 5.74) is 1.04. The van der Waals surface area contributed by atoms with Gasteiger partial charge in [-0.2, -0.15) is 0 Å². The highest BCUT2D eigenvalue weighted by molar-refractivity contribution is 14.0. The zero-order valence-electron chi connectivity index (χ0n) is 14.8. The van der Waals surface area contributed by atoms with Crippen LogP contribution in [0.15, 0.2) is 35.5 Å². The normalized spacial score (nSPS) is 11.1. The van der Waals surface area contributed by atoms with Crippen molar-refractivity contribution in [2.24, 2.45) is 12.0 Å². The molecule has 0 atom stereocenters. The summed E-state index contributed by atoms with van der Waals surface area (Å²) in [7, 11) is 5.50. The molecule has 1 aromatic heterocycles. The fraction of sp³-hybridized carbons (Fsp3) is 0.353. The Morgan fingerprint density at radius 1 is 1.35 bits per heavy atom. The highest BCUT2D eigenvalue weighted by Gasteiger charge is 2.10. The third-order valence-corrected chi connectivity index (χ3v) is 3.79. The molecule has 144 valence electrons. The molecule has 0 amide bonds. The number of aryl methyl sites for hydroxylation is 1. The Kier molecular flexibility index (Phi) is 9.14. The summed E-state index contributed by atoms with van der Waals surface area (Å²) in [4.78, 5) is 6.14. The second-order valence-electron chi connectivity index (χ2n) is 5.51. The molecule has 0 radical (unpaired) electrons. The second kappa shape index (κ2) is 10.6. The number of nitrogens with one attached hydrogen (secondary N) is 1. The van der Waals surface area contributed by atoms with E-state index in [0.717, 1.165) is 17.8 Å². The molecule has 5 nitrogen and oxygen atoms in total. The zero-order chi connectivity index (χ0) is 18.4. The largest absolute Gasteiger partial charge is 0.489 e. The van der Waals surface area contributed by atoms with Gasteiger partial charge >= 0.3 is 0 Å². The minimum atomic E-state index is -0.720. The Morgan fingerprint density at radius 3 is 2.65 bits per heavy atom. The number of rotatable bonds is 6. The molecule has 0 bridgehead atoms. The van der Waals surface area contributed by atoms with Crippen molar-refractivity contribution in [3.8, 4) is 5.75 Å². The SMILES string of the molecule is CN=C(NCCOc1ccc(F)cc1F)N(C)Cc1cc(Cl)cn1C.I. The summed E-state index contributed by atoms with van der Waals surface area (Å²) in [5.74, 6) is -0.668. The third-order valence-electron chi connectivity index (χ3n) is 3.58. The quantitative estimate of drug-likeness (QED) is 0.286. The lowest BCUT2D eigenvalue weighted by molar-refractivity contribution is 0.302. The van der Waals surface area contributed by atoms with Gasteiger partial charge in [-0.25, -0.2) is 8.78 Å². The molecule has 0 saturated carbocycles. The molecule has 0 saturated heterocycles. The fourth-order valence-corrected chi connectivity index (χ4v) is 2.61. The van der Waals surface area contributed by atoms with E-state index in [0.29, 0.717) is 24.1 Å². The van der Waals surface area contributed by atoms with Crippen LogP contribution in [0.2, 0.25) is 5.02 Å². The number of aliphatic imine (C=N–C) groups is 1. The van der Waals surface area contributed by atoms with E-state index >= 15 is 0 Å². The molecule has 1 N–H and O–H groups in total. The molecule has 2 aromatic rings. The van der Waals surface area contributed by atoms with Crippen LogP contribution in [0.4, 0.5) is 8.78 Å². The Bertz CT molecular complexity index is 754. The first-order valence-electron chi connectivity index (χ1n) is 7.71. The monoisotopic (exact) mass is 498 g/mol. The Morgan fingerprint density at radius 2 is 2.08 bits per heavy atom. The minimum Gasteiger partial charge on any atom is -0.489 e. The van der Waals surface area contributed by atoms with Gasteiger partial charge in [0.2, 0.25) is 0 Å². The Hall–Kier alpha value is -1.55. The lowest BCUT2D eigenvalue weighted by Gasteiger charge is -2.22. The number of hydrogen-bond acceptors (Lipinski definition) is 2. The molecule has 1 aromatic carbocycles. The van der Waals surface area contributed by atoms with E-state index in [1.54, 1.807) is 7.05 Å². The van der Waals surface area contributed by atoms with Crippen LogP contribution < -0.4 is 10.1 Å². The summed E-state index contributed by atoms with van der Waals surface area (Å²) in [6.07, 6.45) is 1.84. The van der Waals surface area contributed by atoms with Gasteiger partial charge in [-0.15, -0.1) is 24.0 Å². The maximum atomic E-state index is 13.5. The summed E-state index contributed by atoms with van der Waals surface area (Å²) in [6, 6.07) is 5.11. The van der Waals surface area contributed by atoms with E-state index in [9.17, 15) is 8.78 Å². The molecule has 2 rings (SSSR count). The maximum Gasteiger partial charge on any atom is 0.193 e. The first-order chi connectivity index (χ1) is 11.9. The van der Waals surface area contributed by atoms with Crippen LogP contribution in [-0.4, -0.2) is 42.7 Å². The minimum absolute atomic E-state index is 0. The maximum absolute atomic E-state index is 13.5. The Labute approximate surface area is 174 Å². The van der Waals surface area contributed by atoms with Crippen molar-refractivity contribution in [3.05, 3.63) is 52.8 Å². The van der Waals surface area contributed by atoms with Crippen molar-refractivity contribution >= 4 is 41.5 Å². The highest BCUT2D eigenvalue weighted by Crippen LogP contribution is 2.17. The van der Waals surface area contributed by atoms with Gasteiger partial charge in [0.25, 0.3) is 0 Å². The number of ether oxygens (including phenoxy) is 1. The van der Waals surface area contributed by atoms with Crippen LogP contribution in [0.5, 0.6) is 5.75 Å². The number of benzene rings is 1. The standard InChI is InChI=1S/C17H21ClF2N4O.HI/c1-21-17(24(3)11-14-8-12(18)10-23(14)2)22-6-7-25-16-5-4-13(19)9-15(16)20;/h4-5,8-10H,6-7,11H2,1-3H3,(H,21,22);1H. The van der Waals surface area contributed by atoms with Gasteiger partial charge in [0.05, 0.1) is 18.1 Å². The number of guanidine groups is 1. The van der Waals surface area contributed by atoms with E-state index < -0.39 is 11.6 Å². The average molecular weight is 499 g/mol. The van der Waals surface area contributed by atoms with E-state index in [4.69, 9.17) is 16.3 Å². The molecule has 0 fully saturated rings. The third kappa shape index (κ3) is 6.31. The van der Waals surface area contributed by atoms with Crippen LogP contribution in [0.25, 0.3) is 0 Å². The van der Waals surface area contributed by atoms with Gasteiger partial charge < -0.3 is 19.5 Å².